The second-order valence-electron chi connectivity index (χ2n) is 2.77. The zero-order valence-corrected chi connectivity index (χ0v) is 5.97. The maximum atomic E-state index is 5.38. The smallest absolute Gasteiger partial charge is 0.0576 e. The predicted molar refractivity (Wildman–Crippen MR) is 37.2 cm³/mol. The number of ether oxygens (including phenoxy) is 1. The van der Waals surface area contributed by atoms with Crippen molar-refractivity contribution in [2.45, 2.75) is 25.4 Å². The molecule has 0 aromatic rings. The molecule has 9 heavy (non-hydrogen) atoms. The molecule has 0 radical (unpaired) electrons. The van der Waals surface area contributed by atoms with Gasteiger partial charge in [0, 0.05) is 7.11 Å². The first kappa shape index (κ1) is 7.03. The SMILES string of the molecule is COC1CC(CCN)C1. The van der Waals surface area contributed by atoms with E-state index >= 15 is 0 Å². The summed E-state index contributed by atoms with van der Waals surface area (Å²) in [5, 5.41) is 0. The first-order valence-electron chi connectivity index (χ1n) is 3.59. The summed E-state index contributed by atoms with van der Waals surface area (Å²) in [6.45, 7) is 0.834. The van der Waals surface area contributed by atoms with E-state index < -0.39 is 0 Å². The van der Waals surface area contributed by atoms with Gasteiger partial charge in [-0.3, -0.25) is 0 Å². The van der Waals surface area contributed by atoms with Crippen LogP contribution in [0.3, 0.4) is 0 Å². The van der Waals surface area contributed by atoms with E-state index in [2.05, 4.69) is 0 Å². The molecule has 0 heterocycles. The Kier molecular flexibility index (Phi) is 2.49. The lowest BCUT2D eigenvalue weighted by Gasteiger charge is -2.33. The van der Waals surface area contributed by atoms with Crippen LogP contribution in [0.1, 0.15) is 19.3 Å². The summed E-state index contributed by atoms with van der Waals surface area (Å²) in [6.07, 6.45) is 4.18. The maximum absolute atomic E-state index is 5.38. The van der Waals surface area contributed by atoms with Gasteiger partial charge < -0.3 is 10.5 Å². The summed E-state index contributed by atoms with van der Waals surface area (Å²) in [6, 6.07) is 0. The van der Waals surface area contributed by atoms with E-state index in [1.807, 2.05) is 0 Å². The van der Waals surface area contributed by atoms with Crippen molar-refractivity contribution >= 4 is 0 Å². The molecular weight excluding hydrogens is 114 g/mol. The van der Waals surface area contributed by atoms with Crippen LogP contribution in [0.5, 0.6) is 0 Å². The number of hydrogen-bond acceptors (Lipinski definition) is 2. The van der Waals surface area contributed by atoms with Crippen molar-refractivity contribution in [3.05, 3.63) is 0 Å². The first-order valence-corrected chi connectivity index (χ1v) is 3.59. The zero-order valence-electron chi connectivity index (χ0n) is 5.97. The Morgan fingerprint density at radius 2 is 2.22 bits per heavy atom. The van der Waals surface area contributed by atoms with Crippen molar-refractivity contribution in [1.29, 1.82) is 0 Å². The molecule has 0 bridgehead atoms. The van der Waals surface area contributed by atoms with E-state index in [-0.39, 0.29) is 0 Å². The molecule has 1 aliphatic rings. The summed E-state index contributed by atoms with van der Waals surface area (Å²) in [5.74, 6) is 0.861. The predicted octanol–water partition coefficient (Wildman–Crippen LogP) is 0.760. The fourth-order valence-corrected chi connectivity index (χ4v) is 1.34. The molecule has 54 valence electrons. The average Bonchev–Trinajstić information content (AvgIpc) is 1.77. The minimum Gasteiger partial charge on any atom is -0.381 e. The third-order valence-corrected chi connectivity index (χ3v) is 2.10. The molecule has 2 nitrogen and oxygen atoms in total. The van der Waals surface area contributed by atoms with Crippen LogP contribution in [0.15, 0.2) is 0 Å². The Hall–Kier alpha value is -0.0800. The first-order chi connectivity index (χ1) is 4.36. The Balaban J connectivity index is 1.98. The molecule has 0 amide bonds. The molecular formula is C7H15NO. The van der Waals surface area contributed by atoms with Gasteiger partial charge in [0.05, 0.1) is 6.10 Å². The fraction of sp³-hybridized carbons (Fsp3) is 1.00. The monoisotopic (exact) mass is 129 g/mol. The van der Waals surface area contributed by atoms with Gasteiger partial charge in [-0.2, -0.15) is 0 Å². The fourth-order valence-electron chi connectivity index (χ4n) is 1.34. The van der Waals surface area contributed by atoms with Crippen LogP contribution >= 0.6 is 0 Å². The molecule has 0 atom stereocenters. The lowest BCUT2D eigenvalue weighted by atomic mass is 9.80. The molecule has 2 N–H and O–H groups in total. The molecule has 0 unspecified atom stereocenters. The number of nitrogens with two attached hydrogens (primary N) is 1. The van der Waals surface area contributed by atoms with Gasteiger partial charge in [-0.1, -0.05) is 0 Å². The third kappa shape index (κ3) is 1.66. The summed E-state index contributed by atoms with van der Waals surface area (Å²) < 4.78 is 5.12. The van der Waals surface area contributed by atoms with Gasteiger partial charge in [0.15, 0.2) is 0 Å². The highest BCUT2D eigenvalue weighted by Crippen LogP contribution is 2.31. The molecule has 0 aliphatic heterocycles. The van der Waals surface area contributed by atoms with Crippen molar-refractivity contribution in [1.82, 2.24) is 0 Å². The van der Waals surface area contributed by atoms with Crippen LogP contribution < -0.4 is 5.73 Å². The van der Waals surface area contributed by atoms with Crippen molar-refractivity contribution in [2.24, 2.45) is 11.7 Å². The molecule has 1 fully saturated rings. The van der Waals surface area contributed by atoms with Crippen LogP contribution in [0.2, 0.25) is 0 Å². The summed E-state index contributed by atoms with van der Waals surface area (Å²) in [7, 11) is 1.78. The largest absolute Gasteiger partial charge is 0.381 e. The molecule has 0 spiro atoms. The van der Waals surface area contributed by atoms with Crippen LogP contribution in [-0.2, 0) is 4.74 Å². The van der Waals surface area contributed by atoms with E-state index in [1.165, 1.54) is 19.3 Å². The van der Waals surface area contributed by atoms with Crippen molar-refractivity contribution in [3.8, 4) is 0 Å². The highest BCUT2D eigenvalue weighted by Gasteiger charge is 2.27. The molecule has 0 aromatic carbocycles. The van der Waals surface area contributed by atoms with Gasteiger partial charge in [-0.15, -0.1) is 0 Å². The van der Waals surface area contributed by atoms with Gasteiger partial charge in [0.2, 0.25) is 0 Å². The van der Waals surface area contributed by atoms with Gasteiger partial charge in [0.25, 0.3) is 0 Å². The Bertz CT molecular complexity index is 79.0. The molecule has 2 heteroatoms. The molecule has 0 aromatic heterocycles. The quantitative estimate of drug-likeness (QED) is 0.610. The minimum atomic E-state index is 0.543. The second-order valence-corrected chi connectivity index (χ2v) is 2.77. The van der Waals surface area contributed by atoms with Crippen molar-refractivity contribution in [2.75, 3.05) is 13.7 Å². The van der Waals surface area contributed by atoms with Gasteiger partial charge in [-0.25, -0.2) is 0 Å². The van der Waals surface area contributed by atoms with Crippen LogP contribution in [0, 0.1) is 5.92 Å². The highest BCUT2D eigenvalue weighted by atomic mass is 16.5. The average molecular weight is 129 g/mol. The molecule has 1 rings (SSSR count). The molecule has 0 saturated heterocycles. The van der Waals surface area contributed by atoms with Gasteiger partial charge in [0.1, 0.15) is 0 Å². The normalized spacial score (nSPS) is 34.0. The highest BCUT2D eigenvalue weighted by molar-refractivity contribution is 4.79. The Morgan fingerprint density at radius 1 is 1.56 bits per heavy atom. The minimum absolute atomic E-state index is 0.543. The van der Waals surface area contributed by atoms with Crippen LogP contribution in [-0.4, -0.2) is 19.8 Å². The van der Waals surface area contributed by atoms with Crippen LogP contribution in [0.4, 0.5) is 0 Å². The topological polar surface area (TPSA) is 35.2 Å². The number of hydrogen-bond donors (Lipinski definition) is 1. The zero-order chi connectivity index (χ0) is 6.69. The van der Waals surface area contributed by atoms with E-state index in [9.17, 15) is 0 Å². The molecule has 1 saturated carbocycles. The second kappa shape index (κ2) is 3.18. The lowest BCUT2D eigenvalue weighted by Crippen LogP contribution is -2.31. The van der Waals surface area contributed by atoms with Gasteiger partial charge >= 0.3 is 0 Å². The standard InChI is InChI=1S/C7H15NO/c1-9-7-4-6(5-7)2-3-8/h6-7H,2-5,8H2,1H3. The Morgan fingerprint density at radius 3 is 2.67 bits per heavy atom. The molecule has 1 aliphatic carbocycles. The number of methoxy groups -OCH3 is 1. The van der Waals surface area contributed by atoms with Crippen molar-refractivity contribution in [3.63, 3.8) is 0 Å². The van der Waals surface area contributed by atoms with Crippen LogP contribution in [0.25, 0.3) is 0 Å². The lowest BCUT2D eigenvalue weighted by molar-refractivity contribution is -0.000646. The summed E-state index contributed by atoms with van der Waals surface area (Å²) >= 11 is 0. The number of rotatable bonds is 3. The Labute approximate surface area is 56.4 Å². The van der Waals surface area contributed by atoms with E-state index in [0.29, 0.717) is 6.10 Å². The van der Waals surface area contributed by atoms with E-state index in [0.717, 1.165) is 12.5 Å². The van der Waals surface area contributed by atoms with E-state index in [1.54, 1.807) is 7.11 Å². The third-order valence-electron chi connectivity index (χ3n) is 2.10. The summed E-state index contributed by atoms with van der Waals surface area (Å²) in [4.78, 5) is 0. The van der Waals surface area contributed by atoms with Crippen molar-refractivity contribution < 1.29 is 4.74 Å². The summed E-state index contributed by atoms with van der Waals surface area (Å²) in [5.41, 5.74) is 5.38. The maximum Gasteiger partial charge on any atom is 0.0576 e. The van der Waals surface area contributed by atoms with E-state index in [4.69, 9.17) is 10.5 Å². The van der Waals surface area contributed by atoms with Gasteiger partial charge in [-0.05, 0) is 31.7 Å².